The number of benzene rings is 1. The quantitative estimate of drug-likeness (QED) is 0.731. The van der Waals surface area contributed by atoms with Gasteiger partial charge in [-0.15, -0.1) is 0 Å². The van der Waals surface area contributed by atoms with E-state index in [0.717, 1.165) is 42.6 Å². The first-order valence-corrected chi connectivity index (χ1v) is 10.7. The van der Waals surface area contributed by atoms with Crippen LogP contribution in [0.4, 0.5) is 16.2 Å². The zero-order valence-electron chi connectivity index (χ0n) is 19.1. The highest BCUT2D eigenvalue weighted by Crippen LogP contribution is 2.28. The predicted molar refractivity (Wildman–Crippen MR) is 120 cm³/mol. The first-order chi connectivity index (χ1) is 13.5. The van der Waals surface area contributed by atoms with E-state index in [9.17, 15) is 9.59 Å². The van der Waals surface area contributed by atoms with Gasteiger partial charge in [0.2, 0.25) is 5.91 Å². The average Bonchev–Trinajstić information content (AvgIpc) is 3.12. The Bertz CT molecular complexity index is 716. The van der Waals surface area contributed by atoms with E-state index in [1.165, 1.54) is 0 Å². The number of nitrogens with zero attached hydrogens (tertiary/aromatic N) is 2. The first kappa shape index (κ1) is 23.0. The Labute approximate surface area is 176 Å². The van der Waals surface area contributed by atoms with Crippen LogP contribution in [0, 0.1) is 5.92 Å². The van der Waals surface area contributed by atoms with Gasteiger partial charge in [-0.3, -0.25) is 4.79 Å². The van der Waals surface area contributed by atoms with Gasteiger partial charge >= 0.3 is 6.03 Å². The summed E-state index contributed by atoms with van der Waals surface area (Å²) in [6.45, 7) is 10.4. The zero-order chi connectivity index (χ0) is 21.8. The molecule has 6 nitrogen and oxygen atoms in total. The van der Waals surface area contributed by atoms with Crippen molar-refractivity contribution in [2.24, 2.45) is 5.92 Å². The highest BCUT2D eigenvalue weighted by Gasteiger charge is 2.25. The second kappa shape index (κ2) is 9.51. The molecule has 0 aromatic heterocycles. The molecular formula is C23H38N4O2. The standard InChI is InChI=1S/C23H38N4O2/c1-16(2)27(22(29)25-23(3,4)5)15-18-14-19(12-13-20(18)26(6)7)24-21(28)17-10-8-9-11-17/h12-14,16-17H,8-11,15H2,1-7H3,(H,24,28)(H,25,29). The Kier molecular flexibility index (Phi) is 7.55. The fourth-order valence-corrected chi connectivity index (χ4v) is 3.72. The van der Waals surface area contributed by atoms with Crippen molar-refractivity contribution in [1.82, 2.24) is 10.2 Å². The van der Waals surface area contributed by atoms with Crippen molar-refractivity contribution < 1.29 is 9.59 Å². The van der Waals surface area contributed by atoms with Crippen molar-refractivity contribution in [1.29, 1.82) is 0 Å². The van der Waals surface area contributed by atoms with Gasteiger partial charge in [-0.2, -0.15) is 0 Å². The first-order valence-electron chi connectivity index (χ1n) is 10.7. The van der Waals surface area contributed by atoms with Crippen LogP contribution in [0.15, 0.2) is 18.2 Å². The number of amides is 3. The van der Waals surface area contributed by atoms with Gasteiger partial charge in [0.15, 0.2) is 0 Å². The van der Waals surface area contributed by atoms with E-state index in [2.05, 4.69) is 10.6 Å². The van der Waals surface area contributed by atoms with Crippen molar-refractivity contribution in [2.75, 3.05) is 24.3 Å². The third kappa shape index (κ3) is 6.65. The normalized spacial score (nSPS) is 14.8. The molecule has 1 aromatic carbocycles. The number of rotatable bonds is 6. The molecule has 1 aromatic rings. The highest BCUT2D eigenvalue weighted by molar-refractivity contribution is 5.93. The van der Waals surface area contributed by atoms with Crippen molar-refractivity contribution in [3.63, 3.8) is 0 Å². The van der Waals surface area contributed by atoms with Gasteiger partial charge in [-0.05, 0) is 71.2 Å². The number of nitrogens with one attached hydrogen (secondary N) is 2. The highest BCUT2D eigenvalue weighted by atomic mass is 16.2. The molecule has 1 saturated carbocycles. The number of carbonyl (C=O) groups excluding carboxylic acids is 2. The van der Waals surface area contributed by atoms with Gasteiger partial charge in [0.05, 0.1) is 0 Å². The van der Waals surface area contributed by atoms with Crippen molar-refractivity contribution in [2.45, 2.75) is 78.4 Å². The molecule has 1 aliphatic rings. The second-order valence-corrected chi connectivity index (χ2v) is 9.61. The molecule has 1 fully saturated rings. The monoisotopic (exact) mass is 402 g/mol. The fraction of sp³-hybridized carbons (Fsp3) is 0.652. The van der Waals surface area contributed by atoms with Gasteiger partial charge < -0.3 is 20.4 Å². The van der Waals surface area contributed by atoms with E-state index in [-0.39, 0.29) is 29.4 Å². The van der Waals surface area contributed by atoms with Crippen LogP contribution in [0.1, 0.15) is 65.9 Å². The van der Waals surface area contributed by atoms with Crippen molar-refractivity contribution in [3.8, 4) is 0 Å². The van der Waals surface area contributed by atoms with Gasteiger partial charge in [0.25, 0.3) is 0 Å². The van der Waals surface area contributed by atoms with Gasteiger partial charge in [-0.25, -0.2) is 4.79 Å². The van der Waals surface area contributed by atoms with Crippen LogP contribution in [-0.2, 0) is 11.3 Å². The Morgan fingerprint density at radius 3 is 2.28 bits per heavy atom. The van der Waals surface area contributed by atoms with Crippen LogP contribution in [-0.4, -0.2) is 42.5 Å². The van der Waals surface area contributed by atoms with E-state index in [0.29, 0.717) is 6.54 Å². The number of urea groups is 1. The Morgan fingerprint density at radius 2 is 1.76 bits per heavy atom. The summed E-state index contributed by atoms with van der Waals surface area (Å²) in [5, 5.41) is 6.14. The Balaban J connectivity index is 2.25. The molecule has 0 heterocycles. The topological polar surface area (TPSA) is 64.7 Å². The molecule has 0 spiro atoms. The summed E-state index contributed by atoms with van der Waals surface area (Å²) < 4.78 is 0. The minimum absolute atomic E-state index is 0.0455. The van der Waals surface area contributed by atoms with Crippen LogP contribution >= 0.6 is 0 Å². The van der Waals surface area contributed by atoms with Crippen molar-refractivity contribution in [3.05, 3.63) is 23.8 Å². The van der Waals surface area contributed by atoms with E-state index in [1.54, 1.807) is 0 Å². The molecular weight excluding hydrogens is 364 g/mol. The summed E-state index contributed by atoms with van der Waals surface area (Å²) >= 11 is 0. The van der Waals surface area contributed by atoms with Gasteiger partial charge in [0.1, 0.15) is 0 Å². The van der Waals surface area contributed by atoms with Gasteiger partial charge in [0, 0.05) is 49.5 Å². The molecule has 0 radical (unpaired) electrons. The summed E-state index contributed by atoms with van der Waals surface area (Å²) in [5.74, 6) is 0.231. The lowest BCUT2D eigenvalue weighted by molar-refractivity contribution is -0.119. The SMILES string of the molecule is CC(C)N(Cc1cc(NC(=O)C2CCCC2)ccc1N(C)C)C(=O)NC(C)(C)C. The van der Waals surface area contributed by atoms with E-state index >= 15 is 0 Å². The number of anilines is 2. The fourth-order valence-electron chi connectivity index (χ4n) is 3.72. The maximum absolute atomic E-state index is 12.9. The van der Waals surface area contributed by atoms with E-state index in [1.807, 2.05) is 76.7 Å². The minimum atomic E-state index is -0.300. The summed E-state index contributed by atoms with van der Waals surface area (Å²) in [6.07, 6.45) is 4.22. The summed E-state index contributed by atoms with van der Waals surface area (Å²) in [7, 11) is 3.98. The molecule has 29 heavy (non-hydrogen) atoms. The van der Waals surface area contributed by atoms with E-state index in [4.69, 9.17) is 0 Å². The van der Waals surface area contributed by atoms with Crippen LogP contribution in [0.25, 0.3) is 0 Å². The minimum Gasteiger partial charge on any atom is -0.377 e. The molecule has 0 atom stereocenters. The Hall–Kier alpha value is -2.24. The van der Waals surface area contributed by atoms with Crippen LogP contribution in [0.3, 0.4) is 0 Å². The summed E-state index contributed by atoms with van der Waals surface area (Å²) in [4.78, 5) is 29.3. The molecule has 1 aliphatic carbocycles. The zero-order valence-corrected chi connectivity index (χ0v) is 19.1. The largest absolute Gasteiger partial charge is 0.377 e. The lowest BCUT2D eigenvalue weighted by Crippen LogP contribution is -2.50. The summed E-state index contributed by atoms with van der Waals surface area (Å²) in [5.41, 5.74) is 2.55. The molecule has 2 N–H and O–H groups in total. The number of hydrogen-bond donors (Lipinski definition) is 2. The molecule has 2 rings (SSSR count). The average molecular weight is 403 g/mol. The lowest BCUT2D eigenvalue weighted by atomic mass is 10.1. The smallest absolute Gasteiger partial charge is 0.318 e. The maximum atomic E-state index is 12.9. The van der Waals surface area contributed by atoms with Crippen molar-refractivity contribution >= 4 is 23.3 Å². The molecule has 162 valence electrons. The van der Waals surface area contributed by atoms with Crippen LogP contribution in [0.2, 0.25) is 0 Å². The van der Waals surface area contributed by atoms with E-state index < -0.39 is 0 Å². The Morgan fingerprint density at radius 1 is 1.14 bits per heavy atom. The number of hydrogen-bond acceptors (Lipinski definition) is 3. The molecule has 0 aliphatic heterocycles. The molecule has 0 saturated heterocycles. The third-order valence-corrected chi connectivity index (χ3v) is 5.26. The van der Waals surface area contributed by atoms with Gasteiger partial charge in [-0.1, -0.05) is 12.8 Å². The van der Waals surface area contributed by atoms with Crippen LogP contribution < -0.4 is 15.5 Å². The number of carbonyl (C=O) groups is 2. The van der Waals surface area contributed by atoms with Crippen LogP contribution in [0.5, 0.6) is 0 Å². The lowest BCUT2D eigenvalue weighted by Gasteiger charge is -2.32. The third-order valence-electron chi connectivity index (χ3n) is 5.26. The summed E-state index contributed by atoms with van der Waals surface area (Å²) in [6, 6.07) is 5.92. The maximum Gasteiger partial charge on any atom is 0.318 e. The molecule has 6 heteroatoms. The molecule has 0 unspecified atom stereocenters. The molecule has 0 bridgehead atoms. The molecule has 3 amide bonds. The second-order valence-electron chi connectivity index (χ2n) is 9.61. The predicted octanol–water partition coefficient (Wildman–Crippen LogP) is 4.60.